The Kier molecular flexibility index (Phi) is 4.83. The summed E-state index contributed by atoms with van der Waals surface area (Å²) in [5.41, 5.74) is 6.26. The van der Waals surface area contributed by atoms with Gasteiger partial charge in [-0.3, -0.25) is 0 Å². The van der Waals surface area contributed by atoms with Crippen LogP contribution in [0.3, 0.4) is 0 Å². The molecule has 2 aliphatic rings. The summed E-state index contributed by atoms with van der Waals surface area (Å²) in [5, 5.41) is 3.77. The van der Waals surface area contributed by atoms with Crippen molar-refractivity contribution in [2.24, 2.45) is 11.7 Å². The number of nitrogens with two attached hydrogens (primary N) is 1. The Labute approximate surface area is 106 Å². The Morgan fingerprint density at radius 3 is 2.53 bits per heavy atom. The molecular weight excluding hydrogens is 210 g/mol. The van der Waals surface area contributed by atoms with E-state index in [9.17, 15) is 0 Å². The molecule has 2 rings (SSSR count). The highest BCUT2D eigenvalue weighted by Gasteiger charge is 2.33. The molecule has 17 heavy (non-hydrogen) atoms. The van der Waals surface area contributed by atoms with Crippen LogP contribution in [-0.4, -0.2) is 43.2 Å². The summed E-state index contributed by atoms with van der Waals surface area (Å²) in [6, 6.07) is 0. The average molecular weight is 239 g/mol. The fourth-order valence-electron chi connectivity index (χ4n) is 2.92. The molecule has 1 aliphatic heterocycles. The first-order valence-electron chi connectivity index (χ1n) is 7.45. The van der Waals surface area contributed by atoms with Crippen molar-refractivity contribution in [3.63, 3.8) is 0 Å². The minimum absolute atomic E-state index is 0.249. The Balaban J connectivity index is 1.71. The number of hydrogen-bond donors (Lipinski definition) is 2. The summed E-state index contributed by atoms with van der Waals surface area (Å²) in [7, 11) is 0. The average Bonchev–Trinajstić information content (AvgIpc) is 3.16. The van der Waals surface area contributed by atoms with Crippen LogP contribution in [0.2, 0.25) is 0 Å². The van der Waals surface area contributed by atoms with Gasteiger partial charge in [-0.05, 0) is 57.8 Å². The van der Waals surface area contributed by atoms with Crippen molar-refractivity contribution < 1.29 is 0 Å². The van der Waals surface area contributed by atoms with E-state index in [1.54, 1.807) is 0 Å². The van der Waals surface area contributed by atoms with E-state index in [0.29, 0.717) is 0 Å². The molecule has 1 saturated heterocycles. The summed E-state index contributed by atoms with van der Waals surface area (Å²) in [6.45, 7) is 7.94. The van der Waals surface area contributed by atoms with E-state index in [2.05, 4.69) is 17.1 Å². The van der Waals surface area contributed by atoms with Gasteiger partial charge >= 0.3 is 0 Å². The third kappa shape index (κ3) is 3.94. The molecule has 0 unspecified atom stereocenters. The molecule has 0 aromatic carbocycles. The van der Waals surface area contributed by atoms with E-state index in [1.807, 2.05) is 0 Å². The predicted molar refractivity (Wildman–Crippen MR) is 73.1 cm³/mol. The maximum absolute atomic E-state index is 6.01. The quantitative estimate of drug-likeness (QED) is 0.709. The maximum Gasteiger partial charge on any atom is 0.0328 e. The summed E-state index contributed by atoms with van der Waals surface area (Å²) >= 11 is 0. The van der Waals surface area contributed by atoms with Crippen molar-refractivity contribution in [1.29, 1.82) is 0 Å². The number of rotatable bonds is 7. The van der Waals surface area contributed by atoms with Crippen molar-refractivity contribution in [3.8, 4) is 0 Å². The van der Waals surface area contributed by atoms with E-state index in [4.69, 9.17) is 5.73 Å². The van der Waals surface area contributed by atoms with Gasteiger partial charge in [-0.2, -0.15) is 0 Å². The van der Waals surface area contributed by atoms with Crippen molar-refractivity contribution >= 4 is 0 Å². The molecule has 1 aliphatic carbocycles. The molecule has 3 nitrogen and oxygen atoms in total. The molecule has 3 N–H and O–H groups in total. The van der Waals surface area contributed by atoms with E-state index >= 15 is 0 Å². The number of likely N-dealkylation sites (tertiary alicyclic amines) is 1. The third-order valence-electron chi connectivity index (χ3n) is 4.49. The van der Waals surface area contributed by atoms with Crippen molar-refractivity contribution in [2.45, 2.75) is 51.0 Å². The second-order valence-corrected chi connectivity index (χ2v) is 5.98. The lowest BCUT2D eigenvalue weighted by Gasteiger charge is -2.42. The van der Waals surface area contributed by atoms with Crippen LogP contribution in [0.15, 0.2) is 0 Å². The van der Waals surface area contributed by atoms with Crippen molar-refractivity contribution in [2.75, 3.05) is 32.7 Å². The lowest BCUT2D eigenvalue weighted by Crippen LogP contribution is -2.57. The van der Waals surface area contributed by atoms with Crippen LogP contribution < -0.4 is 11.1 Å². The van der Waals surface area contributed by atoms with Gasteiger partial charge in [-0.1, -0.05) is 19.8 Å². The highest BCUT2D eigenvalue weighted by Crippen LogP contribution is 2.32. The van der Waals surface area contributed by atoms with Crippen molar-refractivity contribution in [3.05, 3.63) is 0 Å². The largest absolute Gasteiger partial charge is 0.329 e. The molecule has 100 valence electrons. The van der Waals surface area contributed by atoms with Gasteiger partial charge in [0.2, 0.25) is 0 Å². The van der Waals surface area contributed by atoms with Gasteiger partial charge in [-0.15, -0.1) is 0 Å². The first-order valence-corrected chi connectivity index (χ1v) is 7.45. The molecule has 0 amide bonds. The van der Waals surface area contributed by atoms with Crippen molar-refractivity contribution in [1.82, 2.24) is 10.2 Å². The standard InChI is InChI=1S/C14H29N3/c1-2-9-17-10-6-14(12-15,7-11-17)16-8-5-13-3-4-13/h13,16H,2-12,15H2,1H3. The zero-order valence-corrected chi connectivity index (χ0v) is 11.4. The SMILES string of the molecule is CCCN1CCC(CN)(NCCC2CC2)CC1. The summed E-state index contributed by atoms with van der Waals surface area (Å²) in [6.07, 6.45) is 8.01. The molecule has 1 saturated carbocycles. The van der Waals surface area contributed by atoms with E-state index in [1.165, 1.54) is 64.7 Å². The maximum atomic E-state index is 6.01. The monoisotopic (exact) mass is 239 g/mol. The summed E-state index contributed by atoms with van der Waals surface area (Å²) < 4.78 is 0. The van der Waals surface area contributed by atoms with Gasteiger partial charge in [0.15, 0.2) is 0 Å². The van der Waals surface area contributed by atoms with Crippen LogP contribution >= 0.6 is 0 Å². The Hall–Kier alpha value is -0.120. The molecule has 0 atom stereocenters. The summed E-state index contributed by atoms with van der Waals surface area (Å²) in [5.74, 6) is 1.03. The molecule has 1 heterocycles. The molecule has 2 fully saturated rings. The Bertz CT molecular complexity index is 218. The van der Waals surface area contributed by atoms with Gasteiger partial charge in [-0.25, -0.2) is 0 Å². The van der Waals surface area contributed by atoms with E-state index in [-0.39, 0.29) is 5.54 Å². The van der Waals surface area contributed by atoms with Crippen LogP contribution in [0.5, 0.6) is 0 Å². The molecule has 0 aromatic heterocycles. The lowest BCUT2D eigenvalue weighted by atomic mass is 9.87. The first kappa shape index (κ1) is 13.3. The van der Waals surface area contributed by atoms with Crippen LogP contribution in [0.4, 0.5) is 0 Å². The van der Waals surface area contributed by atoms with Gasteiger partial charge < -0.3 is 16.0 Å². The molecule has 0 aromatic rings. The summed E-state index contributed by atoms with van der Waals surface area (Å²) in [4.78, 5) is 2.58. The number of hydrogen-bond acceptors (Lipinski definition) is 3. The minimum atomic E-state index is 0.249. The predicted octanol–water partition coefficient (Wildman–Crippen LogP) is 1.58. The van der Waals surface area contributed by atoms with Gasteiger partial charge in [0.1, 0.15) is 0 Å². The highest BCUT2D eigenvalue weighted by molar-refractivity contribution is 4.94. The molecular formula is C14H29N3. The second kappa shape index (κ2) is 6.17. The molecule has 0 bridgehead atoms. The van der Waals surface area contributed by atoms with Gasteiger partial charge in [0.25, 0.3) is 0 Å². The van der Waals surface area contributed by atoms with Crippen LogP contribution in [-0.2, 0) is 0 Å². The van der Waals surface area contributed by atoms with Crippen LogP contribution in [0.25, 0.3) is 0 Å². The van der Waals surface area contributed by atoms with Crippen LogP contribution in [0.1, 0.15) is 45.4 Å². The normalized spacial score (nSPS) is 25.1. The zero-order chi connectivity index (χ0) is 12.1. The van der Waals surface area contributed by atoms with E-state index in [0.717, 1.165) is 12.5 Å². The Morgan fingerprint density at radius 1 is 1.29 bits per heavy atom. The smallest absolute Gasteiger partial charge is 0.0328 e. The lowest BCUT2D eigenvalue weighted by molar-refractivity contribution is 0.139. The Morgan fingerprint density at radius 2 is 2.00 bits per heavy atom. The zero-order valence-electron chi connectivity index (χ0n) is 11.4. The number of piperidine rings is 1. The fraction of sp³-hybridized carbons (Fsp3) is 1.00. The molecule has 0 spiro atoms. The van der Waals surface area contributed by atoms with Gasteiger partial charge in [0.05, 0.1) is 0 Å². The number of nitrogens with zero attached hydrogens (tertiary/aromatic N) is 1. The highest BCUT2D eigenvalue weighted by atomic mass is 15.2. The van der Waals surface area contributed by atoms with Gasteiger partial charge in [0, 0.05) is 12.1 Å². The molecule has 0 radical (unpaired) electrons. The van der Waals surface area contributed by atoms with E-state index < -0.39 is 0 Å². The van der Waals surface area contributed by atoms with Crippen LogP contribution in [0, 0.1) is 5.92 Å². The first-order chi connectivity index (χ1) is 8.28. The topological polar surface area (TPSA) is 41.3 Å². The fourth-order valence-corrected chi connectivity index (χ4v) is 2.92. The number of nitrogens with one attached hydrogen (secondary N) is 1. The third-order valence-corrected chi connectivity index (χ3v) is 4.49. The molecule has 3 heteroatoms. The second-order valence-electron chi connectivity index (χ2n) is 5.98. The minimum Gasteiger partial charge on any atom is -0.329 e.